The van der Waals surface area contributed by atoms with Gasteiger partial charge in [0.15, 0.2) is 17.5 Å². The molecule has 4 aromatic rings. The van der Waals surface area contributed by atoms with E-state index in [4.69, 9.17) is 10.3 Å². The highest BCUT2D eigenvalue weighted by Crippen LogP contribution is 2.44. The number of nitrogens with zero attached hydrogens (tertiary/aromatic N) is 4. The number of amidine groups is 1. The third-order valence-corrected chi connectivity index (χ3v) is 5.13. The molecule has 3 aromatic heterocycles. The molecule has 0 fully saturated rings. The lowest BCUT2D eigenvalue weighted by atomic mass is 9.94. The summed E-state index contributed by atoms with van der Waals surface area (Å²) in [5, 5.41) is 26.4. The predicted octanol–water partition coefficient (Wildman–Crippen LogP) is 3.83. The second kappa shape index (κ2) is 7.31. The first kappa shape index (κ1) is 20.2. The van der Waals surface area contributed by atoms with Gasteiger partial charge >= 0.3 is 0 Å². The van der Waals surface area contributed by atoms with E-state index in [0.29, 0.717) is 45.2 Å². The van der Waals surface area contributed by atoms with E-state index < -0.39 is 11.6 Å². The molecule has 0 unspecified atom stereocenters. The van der Waals surface area contributed by atoms with Crippen molar-refractivity contribution >= 4 is 5.84 Å². The summed E-state index contributed by atoms with van der Waals surface area (Å²) < 4.78 is 36.0. The molecule has 4 N–H and O–H groups in total. The van der Waals surface area contributed by atoms with Crippen molar-refractivity contribution in [1.29, 1.82) is 0 Å². The Morgan fingerprint density at radius 3 is 2.19 bits per heavy atom. The smallest absolute Gasteiger partial charge is 0.187 e. The Bertz CT molecular complexity index is 1280. The summed E-state index contributed by atoms with van der Waals surface area (Å²) in [5.74, 6) is -1.38. The molecule has 0 aliphatic carbocycles. The first-order valence-electron chi connectivity index (χ1n) is 9.21. The topological polar surface area (TPSA) is 115 Å². The molecular weight excluding hydrogens is 408 g/mol. The molecule has 4 rings (SSSR count). The van der Waals surface area contributed by atoms with E-state index in [1.165, 1.54) is 16.7 Å². The maximum absolute atomic E-state index is 13.9. The number of hydrogen-bond donors (Lipinski definition) is 3. The number of rotatable bonds is 4. The van der Waals surface area contributed by atoms with Crippen molar-refractivity contribution in [2.45, 2.75) is 13.8 Å². The van der Waals surface area contributed by atoms with Gasteiger partial charge in [0.25, 0.3) is 0 Å². The lowest BCUT2D eigenvalue weighted by molar-refractivity contribution is 0.318. The van der Waals surface area contributed by atoms with Crippen molar-refractivity contribution in [3.8, 4) is 33.8 Å². The molecule has 0 saturated carbocycles. The molecule has 0 saturated heterocycles. The van der Waals surface area contributed by atoms with Crippen molar-refractivity contribution in [2.75, 3.05) is 0 Å². The number of nitrogens with two attached hydrogens (primary N) is 1. The number of halogens is 2. The number of aryl methyl sites for hydroxylation is 2. The van der Waals surface area contributed by atoms with Crippen LogP contribution in [0.3, 0.4) is 0 Å². The molecule has 1 aromatic carbocycles. The summed E-state index contributed by atoms with van der Waals surface area (Å²) in [6.07, 6.45) is 2.00. The Labute approximate surface area is 175 Å². The maximum Gasteiger partial charge on any atom is 0.187 e. The zero-order chi connectivity index (χ0) is 22.4. The molecular formula is C21H19F2N5O3. The molecule has 0 spiro atoms. The summed E-state index contributed by atoms with van der Waals surface area (Å²) >= 11 is 0. The molecule has 3 heterocycles. The Hall–Kier alpha value is -4.08. The summed E-state index contributed by atoms with van der Waals surface area (Å²) in [6.45, 7) is 3.46. The number of hydrogen-bond acceptors (Lipinski definition) is 5. The minimum Gasteiger partial charge on any atom is -0.508 e. The maximum atomic E-state index is 13.9. The van der Waals surface area contributed by atoms with Crippen molar-refractivity contribution in [3.05, 3.63) is 65.4 Å². The van der Waals surface area contributed by atoms with Gasteiger partial charge in [-0.25, -0.2) is 8.78 Å². The number of aromatic hydroxyl groups is 1. The zero-order valence-corrected chi connectivity index (χ0v) is 16.9. The highest BCUT2D eigenvalue weighted by Gasteiger charge is 2.30. The lowest BCUT2D eigenvalue weighted by Crippen LogP contribution is -2.19. The Morgan fingerprint density at radius 2 is 1.68 bits per heavy atom. The molecule has 10 heteroatoms. The third-order valence-electron chi connectivity index (χ3n) is 5.13. The fourth-order valence-electron chi connectivity index (χ4n) is 3.83. The first-order valence-corrected chi connectivity index (χ1v) is 9.21. The summed E-state index contributed by atoms with van der Waals surface area (Å²) in [4.78, 5) is 0. The minimum atomic E-state index is -1.03. The van der Waals surface area contributed by atoms with Gasteiger partial charge in [-0.15, -0.1) is 0 Å². The van der Waals surface area contributed by atoms with Gasteiger partial charge in [0, 0.05) is 30.6 Å². The Balaban J connectivity index is 2.21. The van der Waals surface area contributed by atoms with Gasteiger partial charge < -0.3 is 29.7 Å². The van der Waals surface area contributed by atoms with Crippen LogP contribution in [0.15, 0.2) is 46.3 Å². The van der Waals surface area contributed by atoms with E-state index in [-0.39, 0.29) is 11.6 Å². The first-order chi connectivity index (χ1) is 14.7. The second-order valence-corrected chi connectivity index (χ2v) is 7.07. The molecule has 0 atom stereocenters. The van der Waals surface area contributed by atoms with Crippen molar-refractivity contribution < 1.29 is 23.6 Å². The largest absolute Gasteiger partial charge is 0.508 e. The summed E-state index contributed by atoms with van der Waals surface area (Å²) in [7, 11) is 1.63. The van der Waals surface area contributed by atoms with Crippen LogP contribution in [0.25, 0.3) is 28.1 Å². The van der Waals surface area contributed by atoms with E-state index in [1.807, 2.05) is 0 Å². The van der Waals surface area contributed by atoms with Crippen molar-refractivity contribution in [1.82, 2.24) is 14.3 Å². The second-order valence-electron chi connectivity index (χ2n) is 7.07. The molecule has 31 heavy (non-hydrogen) atoms. The molecule has 0 bridgehead atoms. The van der Waals surface area contributed by atoms with Crippen LogP contribution in [-0.2, 0) is 7.05 Å². The van der Waals surface area contributed by atoms with Crippen LogP contribution in [0, 0.1) is 25.5 Å². The predicted molar refractivity (Wildman–Crippen MR) is 109 cm³/mol. The van der Waals surface area contributed by atoms with Gasteiger partial charge in [0.2, 0.25) is 0 Å². The average molecular weight is 427 g/mol. The van der Waals surface area contributed by atoms with Gasteiger partial charge in [0.1, 0.15) is 17.3 Å². The standard InChI is InChI=1S/C21H19F2N5O3/c1-10-16(11(2)31-26-10)18-17(12-4-6-13(29)7-5-12)21(27(3)19(18)20(24)25-30)28-8-14(22)15(23)9-28/h4-9,29-30H,1-3H3,(H2,24,25). The van der Waals surface area contributed by atoms with Crippen LogP contribution in [0.5, 0.6) is 5.75 Å². The average Bonchev–Trinajstić information content (AvgIpc) is 3.34. The van der Waals surface area contributed by atoms with Crippen LogP contribution in [0.1, 0.15) is 17.1 Å². The Kier molecular flexibility index (Phi) is 4.77. The number of phenols is 1. The van der Waals surface area contributed by atoms with E-state index in [2.05, 4.69) is 10.3 Å². The lowest BCUT2D eigenvalue weighted by Gasteiger charge is -2.10. The normalized spacial score (nSPS) is 12.0. The number of aromatic nitrogens is 3. The summed E-state index contributed by atoms with van der Waals surface area (Å²) in [6, 6.07) is 6.29. The zero-order valence-electron chi connectivity index (χ0n) is 16.9. The van der Waals surface area contributed by atoms with Crippen molar-refractivity contribution in [2.24, 2.45) is 17.9 Å². The van der Waals surface area contributed by atoms with Crippen LogP contribution in [0.4, 0.5) is 8.78 Å². The van der Waals surface area contributed by atoms with Crippen LogP contribution in [0.2, 0.25) is 0 Å². The fourth-order valence-corrected chi connectivity index (χ4v) is 3.83. The van der Waals surface area contributed by atoms with Gasteiger partial charge in [-0.2, -0.15) is 0 Å². The van der Waals surface area contributed by atoms with Gasteiger partial charge in [0.05, 0.1) is 17.0 Å². The van der Waals surface area contributed by atoms with Gasteiger partial charge in [-0.1, -0.05) is 22.4 Å². The van der Waals surface area contributed by atoms with E-state index >= 15 is 0 Å². The minimum absolute atomic E-state index is 0.0508. The van der Waals surface area contributed by atoms with Crippen LogP contribution < -0.4 is 5.73 Å². The molecule has 160 valence electrons. The number of benzene rings is 1. The van der Waals surface area contributed by atoms with Gasteiger partial charge in [-0.3, -0.25) is 0 Å². The van der Waals surface area contributed by atoms with Gasteiger partial charge in [-0.05, 0) is 31.5 Å². The monoisotopic (exact) mass is 427 g/mol. The SMILES string of the molecule is Cc1noc(C)c1-c1c(-c2ccc(O)cc2)c(-n2cc(F)c(F)c2)n(C)c1C(N)=NO. The summed E-state index contributed by atoms with van der Waals surface area (Å²) in [5.41, 5.74) is 9.11. The molecule has 0 aliphatic rings. The van der Waals surface area contributed by atoms with Crippen molar-refractivity contribution in [3.63, 3.8) is 0 Å². The number of phenolic OH excluding ortho intramolecular Hbond substituents is 1. The third kappa shape index (κ3) is 3.12. The van der Waals surface area contributed by atoms with E-state index in [1.54, 1.807) is 37.6 Å². The molecule has 0 radical (unpaired) electrons. The van der Waals surface area contributed by atoms with E-state index in [9.17, 15) is 19.1 Å². The Morgan fingerprint density at radius 1 is 1.06 bits per heavy atom. The fraction of sp³-hybridized carbons (Fsp3) is 0.143. The van der Waals surface area contributed by atoms with E-state index in [0.717, 1.165) is 12.4 Å². The quantitative estimate of drug-likeness (QED) is 0.198. The van der Waals surface area contributed by atoms with Crippen LogP contribution >= 0.6 is 0 Å². The number of oxime groups is 1. The molecule has 0 amide bonds. The highest BCUT2D eigenvalue weighted by atomic mass is 19.2. The molecule has 0 aliphatic heterocycles. The van der Waals surface area contributed by atoms with Crippen LogP contribution in [-0.4, -0.2) is 30.4 Å². The molecule has 8 nitrogen and oxygen atoms in total. The highest BCUT2D eigenvalue weighted by molar-refractivity contribution is 6.08.